The van der Waals surface area contributed by atoms with Crippen molar-refractivity contribution in [2.75, 3.05) is 0 Å². The second-order valence-corrected chi connectivity index (χ2v) is 11.7. The van der Waals surface area contributed by atoms with Gasteiger partial charge in [0, 0.05) is 47.0 Å². The molecule has 57 heavy (non-hydrogen) atoms. The smallest absolute Gasteiger partial charge is 0.289 e. The van der Waals surface area contributed by atoms with Crippen LogP contribution in [0, 0.1) is 0 Å². The lowest BCUT2D eigenvalue weighted by atomic mass is 9.95. The molecule has 0 unspecified atom stereocenters. The average molecular weight is 761 g/mol. The molecule has 0 aliphatic carbocycles. The number of phenols is 2. The van der Waals surface area contributed by atoms with Crippen LogP contribution in [0.1, 0.15) is 59.4 Å². The molecule has 6 aromatic rings. The van der Waals surface area contributed by atoms with E-state index in [1.165, 1.54) is 61.6 Å². The topological polar surface area (TPSA) is 241 Å². The van der Waals surface area contributed by atoms with Crippen molar-refractivity contribution in [1.29, 1.82) is 0 Å². The Kier molecular flexibility index (Phi) is 12.8. The molecule has 0 spiro atoms. The number of hydrogen-bond donors (Lipinski definition) is 6. The summed E-state index contributed by atoms with van der Waals surface area (Å²) in [5.74, 6) is -2.24. The van der Waals surface area contributed by atoms with E-state index in [1.807, 2.05) is 12.1 Å². The monoisotopic (exact) mass is 760 g/mol. The van der Waals surface area contributed by atoms with Crippen LogP contribution >= 0.6 is 0 Å². The Morgan fingerprint density at radius 2 is 0.842 bits per heavy atom. The molecule has 0 saturated carbocycles. The summed E-state index contributed by atoms with van der Waals surface area (Å²) in [6, 6.07) is 26.4. The van der Waals surface area contributed by atoms with Crippen molar-refractivity contribution < 1.29 is 24.6 Å². The number of hydrazone groups is 4. The molecule has 0 atom stereocenters. The normalized spacial score (nSPS) is 11.3. The third-order valence-corrected chi connectivity index (χ3v) is 7.75. The van der Waals surface area contributed by atoms with E-state index in [1.54, 1.807) is 72.9 Å². The van der Waals surface area contributed by atoms with E-state index in [9.17, 15) is 24.6 Å². The summed E-state index contributed by atoms with van der Waals surface area (Å²) in [4.78, 5) is 54.1. The number of nitrogens with zero attached hydrogens (tertiary/aromatic N) is 8. The molecule has 0 saturated heterocycles. The first-order valence-corrected chi connectivity index (χ1v) is 17.0. The molecule has 0 aliphatic heterocycles. The third-order valence-electron chi connectivity index (χ3n) is 7.75. The van der Waals surface area contributed by atoms with Crippen molar-refractivity contribution in [2.45, 2.75) is 6.54 Å². The van der Waals surface area contributed by atoms with Gasteiger partial charge < -0.3 is 15.6 Å². The van der Waals surface area contributed by atoms with Gasteiger partial charge in [0.25, 0.3) is 17.7 Å². The van der Waals surface area contributed by atoms with Gasteiger partial charge in [-0.2, -0.15) is 20.4 Å². The molecule has 0 fully saturated rings. The Balaban J connectivity index is 1.36. The number of hydrogen-bond acceptors (Lipinski definition) is 14. The average Bonchev–Trinajstić information content (AvgIpc) is 3.25. The number of nitrogens with one attached hydrogen (secondary N) is 4. The summed E-state index contributed by atoms with van der Waals surface area (Å²) in [6.45, 7) is 0.308. The second kappa shape index (κ2) is 19.0. The molecule has 0 bridgehead atoms. The van der Waals surface area contributed by atoms with Gasteiger partial charge in [0.05, 0.1) is 37.1 Å². The van der Waals surface area contributed by atoms with Crippen molar-refractivity contribution in [3.8, 4) is 22.6 Å². The van der Waals surface area contributed by atoms with Crippen LogP contribution in [-0.2, 0) is 6.54 Å². The summed E-state index contributed by atoms with van der Waals surface area (Å²) >= 11 is 0. The van der Waals surface area contributed by atoms with Gasteiger partial charge in [-0.25, -0.2) is 16.3 Å². The van der Waals surface area contributed by atoms with Gasteiger partial charge in [0.15, 0.2) is 0 Å². The number of phenolic OH excluding ortho intramolecular Hbond substituents is 2. The Morgan fingerprint density at radius 1 is 0.491 bits per heavy atom. The quantitative estimate of drug-likeness (QED) is 0.0694. The van der Waals surface area contributed by atoms with Gasteiger partial charge in [0.2, 0.25) is 0 Å². The molecular weight excluding hydrogens is 729 g/mol. The fourth-order valence-electron chi connectivity index (χ4n) is 4.98. The Hall–Kier alpha value is -8.47. The zero-order valence-electron chi connectivity index (χ0n) is 29.8. The summed E-state index contributed by atoms with van der Waals surface area (Å²) < 4.78 is 0. The van der Waals surface area contributed by atoms with Crippen LogP contribution in [0.4, 0.5) is 0 Å². The number of amides is 3. The molecule has 6 rings (SSSR count). The molecule has 282 valence electrons. The van der Waals surface area contributed by atoms with Gasteiger partial charge >= 0.3 is 0 Å². The number of rotatable bonds is 14. The van der Waals surface area contributed by atoms with Crippen LogP contribution in [0.3, 0.4) is 0 Å². The number of carbonyl (C=O) groups is 3. The Bertz CT molecular complexity index is 2380. The lowest BCUT2D eigenvalue weighted by molar-refractivity contribution is 0.0942. The van der Waals surface area contributed by atoms with Gasteiger partial charge in [-0.05, 0) is 83.9 Å². The van der Waals surface area contributed by atoms with Crippen molar-refractivity contribution in [3.05, 3.63) is 167 Å². The summed E-state index contributed by atoms with van der Waals surface area (Å²) in [5, 5.41) is 39.0. The van der Waals surface area contributed by atoms with Crippen LogP contribution in [-0.4, -0.2) is 72.7 Å². The highest BCUT2D eigenvalue weighted by Crippen LogP contribution is 2.33. The zero-order chi connectivity index (χ0) is 39.8. The lowest BCUT2D eigenvalue weighted by Gasteiger charge is -2.12. The third kappa shape index (κ3) is 10.6. The van der Waals surface area contributed by atoms with E-state index in [0.29, 0.717) is 17.7 Å². The lowest BCUT2D eigenvalue weighted by Crippen LogP contribution is -2.19. The first kappa shape index (κ1) is 38.3. The van der Waals surface area contributed by atoms with Crippen molar-refractivity contribution >= 4 is 42.6 Å². The minimum atomic E-state index is -0.584. The fraction of sp³-hybridized carbons (Fsp3) is 0.0250. The predicted octanol–water partition coefficient (Wildman–Crippen LogP) is 3.76. The number of carbonyl (C=O) groups excluding carboxylic acids is 3. The molecule has 0 aliphatic rings. The van der Waals surface area contributed by atoms with E-state index >= 15 is 0 Å². The van der Waals surface area contributed by atoms with Crippen molar-refractivity contribution in [3.63, 3.8) is 0 Å². The van der Waals surface area contributed by atoms with E-state index in [0.717, 1.165) is 5.69 Å². The van der Waals surface area contributed by atoms with Gasteiger partial charge in [-0.3, -0.25) is 34.3 Å². The Labute approximate surface area is 324 Å². The summed E-state index contributed by atoms with van der Waals surface area (Å²) in [5.41, 5.74) is 12.9. The summed E-state index contributed by atoms with van der Waals surface area (Å²) in [7, 11) is 0. The highest BCUT2D eigenvalue weighted by molar-refractivity contribution is 6.00. The van der Waals surface area contributed by atoms with Crippen LogP contribution in [0.2, 0.25) is 0 Å². The van der Waals surface area contributed by atoms with Crippen molar-refractivity contribution in [2.24, 2.45) is 20.4 Å². The summed E-state index contributed by atoms with van der Waals surface area (Å²) in [6.07, 6.45) is 11.2. The highest BCUT2D eigenvalue weighted by atomic mass is 16.3. The SMILES string of the molecule is O=C(N/N=C/c1cc(-c2cc(/C=N/NC(=O)c3ccccn3)c(O)c(/C=N/NC(=O)c3ccccn3)c2)cc(/C=N/NCc2ccccn2)c1O)c1ccccn1. The van der Waals surface area contributed by atoms with Crippen LogP contribution in [0.5, 0.6) is 11.5 Å². The Morgan fingerprint density at radius 3 is 1.18 bits per heavy atom. The minimum absolute atomic E-state index is 0.127. The molecule has 6 N–H and O–H groups in total. The minimum Gasteiger partial charge on any atom is -0.507 e. The number of aromatic hydroxyl groups is 2. The van der Waals surface area contributed by atoms with Crippen molar-refractivity contribution in [1.82, 2.24) is 41.6 Å². The fourth-order valence-corrected chi connectivity index (χ4v) is 4.98. The molecule has 4 aromatic heterocycles. The predicted molar refractivity (Wildman–Crippen MR) is 212 cm³/mol. The molecule has 17 nitrogen and oxygen atoms in total. The maximum Gasteiger partial charge on any atom is 0.289 e. The van der Waals surface area contributed by atoms with E-state index in [2.05, 4.69) is 62.0 Å². The standard InChI is InChI=1S/C40H32N12O5/c53-36-28(21-45-46-25-32-9-1-5-13-41-32)17-26(18-29(36)22-47-50-38(55)33-10-2-6-14-42-33)27-19-30(23-48-51-39(56)34-11-3-7-15-43-34)37(54)31(20-27)24-49-52-40(57)35-12-4-8-16-44-35/h1-24,46,53-54H,25H2,(H,50,55)(H,51,56)(H,52,57)/b45-21+,47-22+,48-23+,49-24+. The zero-order valence-corrected chi connectivity index (χ0v) is 29.8. The van der Waals surface area contributed by atoms with Gasteiger partial charge in [-0.15, -0.1) is 0 Å². The molecule has 0 radical (unpaired) electrons. The van der Waals surface area contributed by atoms with Crippen LogP contribution < -0.4 is 21.7 Å². The maximum atomic E-state index is 12.6. The number of aromatic nitrogens is 4. The first-order valence-electron chi connectivity index (χ1n) is 17.0. The van der Waals surface area contributed by atoms with Crippen LogP contribution in [0.15, 0.2) is 142 Å². The van der Waals surface area contributed by atoms with E-state index in [-0.39, 0.29) is 50.8 Å². The van der Waals surface area contributed by atoms with Gasteiger partial charge in [-0.1, -0.05) is 24.3 Å². The molecule has 4 heterocycles. The number of benzene rings is 2. The van der Waals surface area contributed by atoms with Gasteiger partial charge in [0.1, 0.15) is 28.6 Å². The van der Waals surface area contributed by atoms with E-state index < -0.39 is 17.7 Å². The first-order chi connectivity index (χ1) is 27.9. The highest BCUT2D eigenvalue weighted by Gasteiger charge is 2.15. The van der Waals surface area contributed by atoms with E-state index in [4.69, 9.17) is 0 Å². The number of pyridine rings is 4. The molecule has 3 amide bonds. The molecule has 2 aromatic carbocycles. The molecular formula is C40H32N12O5. The molecule has 17 heteroatoms. The maximum absolute atomic E-state index is 12.6. The second-order valence-electron chi connectivity index (χ2n) is 11.7. The van der Waals surface area contributed by atoms with Crippen LogP contribution in [0.25, 0.3) is 11.1 Å². The largest absolute Gasteiger partial charge is 0.507 e.